The highest BCUT2D eigenvalue weighted by atomic mass is 16.3. The van der Waals surface area contributed by atoms with Gasteiger partial charge in [0.15, 0.2) is 0 Å². The fraction of sp³-hybridized carbons (Fsp3) is 0.364. The predicted molar refractivity (Wildman–Crippen MR) is 61.9 cm³/mol. The minimum absolute atomic E-state index is 0.199. The van der Waals surface area contributed by atoms with Gasteiger partial charge in [0.05, 0.1) is 6.04 Å². The lowest BCUT2D eigenvalue weighted by Gasteiger charge is -2.11. The molecule has 0 aliphatic carbocycles. The predicted octanol–water partition coefficient (Wildman–Crippen LogP) is -0.663. The van der Waals surface area contributed by atoms with Crippen molar-refractivity contribution in [2.24, 2.45) is 11.5 Å². The number of carbonyl (C=O) groups excluding carboxylic acids is 1. The molecule has 0 aromatic heterocycles. The fourth-order valence-corrected chi connectivity index (χ4v) is 1.31. The van der Waals surface area contributed by atoms with Crippen LogP contribution in [0.4, 0.5) is 0 Å². The van der Waals surface area contributed by atoms with E-state index in [4.69, 9.17) is 16.6 Å². The van der Waals surface area contributed by atoms with Gasteiger partial charge in [0.25, 0.3) is 0 Å². The van der Waals surface area contributed by atoms with Gasteiger partial charge in [-0.25, -0.2) is 0 Å². The topological polar surface area (TPSA) is 101 Å². The van der Waals surface area contributed by atoms with E-state index >= 15 is 0 Å². The van der Waals surface area contributed by atoms with Gasteiger partial charge in [0.2, 0.25) is 5.91 Å². The van der Waals surface area contributed by atoms with E-state index < -0.39 is 6.04 Å². The van der Waals surface area contributed by atoms with Crippen LogP contribution in [0.15, 0.2) is 24.3 Å². The quantitative estimate of drug-likeness (QED) is 0.532. The first-order valence-electron chi connectivity index (χ1n) is 5.14. The lowest BCUT2D eigenvalue weighted by Crippen LogP contribution is -2.43. The van der Waals surface area contributed by atoms with E-state index in [-0.39, 0.29) is 11.7 Å². The zero-order valence-corrected chi connectivity index (χ0v) is 9.02. The SMILES string of the molecule is NCCNC(=O)[C@H](N)Cc1ccc(O)cc1. The van der Waals surface area contributed by atoms with Crippen LogP contribution in [0.1, 0.15) is 5.56 Å². The maximum atomic E-state index is 11.4. The first-order chi connectivity index (χ1) is 7.63. The third kappa shape index (κ3) is 3.88. The van der Waals surface area contributed by atoms with Crippen molar-refractivity contribution in [3.8, 4) is 5.75 Å². The number of benzene rings is 1. The second-order valence-corrected chi connectivity index (χ2v) is 3.56. The molecule has 6 N–H and O–H groups in total. The van der Waals surface area contributed by atoms with Gasteiger partial charge in [-0.2, -0.15) is 0 Å². The molecule has 1 amide bonds. The molecule has 1 atom stereocenters. The number of hydrogen-bond donors (Lipinski definition) is 4. The molecule has 0 spiro atoms. The number of amides is 1. The van der Waals surface area contributed by atoms with Gasteiger partial charge in [-0.1, -0.05) is 12.1 Å². The summed E-state index contributed by atoms with van der Waals surface area (Å²) in [4.78, 5) is 11.4. The standard InChI is InChI=1S/C11H17N3O2/c12-5-6-14-11(16)10(13)7-8-1-3-9(15)4-2-8/h1-4,10,15H,5-7,12-13H2,(H,14,16)/t10-/m1/s1. The highest BCUT2D eigenvalue weighted by molar-refractivity contribution is 5.81. The van der Waals surface area contributed by atoms with E-state index in [2.05, 4.69) is 5.32 Å². The van der Waals surface area contributed by atoms with E-state index in [1.807, 2.05) is 0 Å². The zero-order chi connectivity index (χ0) is 12.0. The Morgan fingerprint density at radius 3 is 2.56 bits per heavy atom. The van der Waals surface area contributed by atoms with Crippen LogP contribution in [0.5, 0.6) is 5.75 Å². The number of carbonyl (C=O) groups is 1. The monoisotopic (exact) mass is 223 g/mol. The first-order valence-corrected chi connectivity index (χ1v) is 5.14. The Morgan fingerprint density at radius 2 is 2.00 bits per heavy atom. The van der Waals surface area contributed by atoms with E-state index in [0.717, 1.165) is 5.56 Å². The maximum Gasteiger partial charge on any atom is 0.237 e. The number of aromatic hydroxyl groups is 1. The van der Waals surface area contributed by atoms with Crippen LogP contribution < -0.4 is 16.8 Å². The Balaban J connectivity index is 2.47. The van der Waals surface area contributed by atoms with Crippen molar-refractivity contribution in [1.82, 2.24) is 5.32 Å². The van der Waals surface area contributed by atoms with Crippen LogP contribution in [0.2, 0.25) is 0 Å². The maximum absolute atomic E-state index is 11.4. The number of phenols is 1. The summed E-state index contributed by atoms with van der Waals surface area (Å²) < 4.78 is 0. The van der Waals surface area contributed by atoms with Crippen molar-refractivity contribution < 1.29 is 9.90 Å². The van der Waals surface area contributed by atoms with Crippen molar-refractivity contribution in [2.45, 2.75) is 12.5 Å². The van der Waals surface area contributed by atoms with E-state index in [1.165, 1.54) is 0 Å². The summed E-state index contributed by atoms with van der Waals surface area (Å²) in [6, 6.07) is 6.03. The average Bonchev–Trinajstić information content (AvgIpc) is 2.29. The molecule has 0 saturated heterocycles. The van der Waals surface area contributed by atoms with Crippen LogP contribution in [0, 0.1) is 0 Å². The minimum atomic E-state index is -0.587. The van der Waals surface area contributed by atoms with Gasteiger partial charge >= 0.3 is 0 Å². The smallest absolute Gasteiger partial charge is 0.237 e. The summed E-state index contributed by atoms with van der Waals surface area (Å²) in [5.41, 5.74) is 11.9. The lowest BCUT2D eigenvalue weighted by atomic mass is 10.1. The molecular weight excluding hydrogens is 206 g/mol. The molecule has 0 fully saturated rings. The Hall–Kier alpha value is -1.59. The number of nitrogens with two attached hydrogens (primary N) is 2. The molecule has 0 unspecified atom stereocenters. The molecule has 0 radical (unpaired) electrons. The molecule has 88 valence electrons. The summed E-state index contributed by atoms with van der Waals surface area (Å²) in [6.07, 6.45) is 0.441. The number of phenolic OH excluding ortho intramolecular Hbond substituents is 1. The van der Waals surface area contributed by atoms with E-state index in [9.17, 15) is 4.79 Å². The van der Waals surface area contributed by atoms with Crippen LogP contribution in [-0.4, -0.2) is 30.1 Å². The summed E-state index contributed by atoms with van der Waals surface area (Å²) in [5, 5.41) is 11.7. The molecule has 0 bridgehead atoms. The van der Waals surface area contributed by atoms with Gasteiger partial charge in [-0.05, 0) is 24.1 Å². The molecule has 1 rings (SSSR count). The molecular formula is C11H17N3O2. The van der Waals surface area contributed by atoms with E-state index in [1.54, 1.807) is 24.3 Å². The highest BCUT2D eigenvalue weighted by Crippen LogP contribution is 2.10. The average molecular weight is 223 g/mol. The fourth-order valence-electron chi connectivity index (χ4n) is 1.31. The first kappa shape index (κ1) is 12.5. The largest absolute Gasteiger partial charge is 0.508 e. The van der Waals surface area contributed by atoms with Crippen molar-refractivity contribution >= 4 is 5.91 Å². The molecule has 0 aliphatic heterocycles. The molecule has 1 aromatic rings. The van der Waals surface area contributed by atoms with Gasteiger partial charge in [-0.15, -0.1) is 0 Å². The zero-order valence-electron chi connectivity index (χ0n) is 9.02. The Kier molecular flexibility index (Phi) is 4.75. The van der Waals surface area contributed by atoms with Crippen molar-refractivity contribution in [3.05, 3.63) is 29.8 Å². The molecule has 0 saturated carbocycles. The molecule has 16 heavy (non-hydrogen) atoms. The molecule has 0 heterocycles. The van der Waals surface area contributed by atoms with Gasteiger partial charge in [0.1, 0.15) is 5.75 Å². The number of rotatable bonds is 5. The lowest BCUT2D eigenvalue weighted by molar-refractivity contribution is -0.122. The van der Waals surface area contributed by atoms with Gasteiger partial charge in [-0.3, -0.25) is 4.79 Å². The normalized spacial score (nSPS) is 12.1. The van der Waals surface area contributed by atoms with Crippen molar-refractivity contribution in [2.75, 3.05) is 13.1 Å². The molecule has 1 aromatic carbocycles. The summed E-state index contributed by atoms with van der Waals surface area (Å²) >= 11 is 0. The number of nitrogens with one attached hydrogen (secondary N) is 1. The second kappa shape index (κ2) is 6.09. The van der Waals surface area contributed by atoms with E-state index in [0.29, 0.717) is 19.5 Å². The van der Waals surface area contributed by atoms with Crippen LogP contribution in [0.3, 0.4) is 0 Å². The molecule has 5 heteroatoms. The van der Waals surface area contributed by atoms with Crippen molar-refractivity contribution in [1.29, 1.82) is 0 Å². The van der Waals surface area contributed by atoms with Crippen LogP contribution >= 0.6 is 0 Å². The highest BCUT2D eigenvalue weighted by Gasteiger charge is 2.12. The molecule has 5 nitrogen and oxygen atoms in total. The third-order valence-electron chi connectivity index (χ3n) is 2.17. The number of hydrogen-bond acceptors (Lipinski definition) is 4. The summed E-state index contributed by atoms with van der Waals surface area (Å²) in [5.74, 6) is -0.0107. The summed E-state index contributed by atoms with van der Waals surface area (Å²) in [7, 11) is 0. The van der Waals surface area contributed by atoms with Crippen LogP contribution in [-0.2, 0) is 11.2 Å². The van der Waals surface area contributed by atoms with Crippen LogP contribution in [0.25, 0.3) is 0 Å². The Labute approximate surface area is 94.4 Å². The second-order valence-electron chi connectivity index (χ2n) is 3.56. The Morgan fingerprint density at radius 1 is 1.38 bits per heavy atom. The third-order valence-corrected chi connectivity index (χ3v) is 2.17. The van der Waals surface area contributed by atoms with Gasteiger partial charge < -0.3 is 21.9 Å². The molecule has 0 aliphatic rings. The minimum Gasteiger partial charge on any atom is -0.508 e. The Bertz CT molecular complexity index is 338. The van der Waals surface area contributed by atoms with Gasteiger partial charge in [0, 0.05) is 13.1 Å². The summed E-state index contributed by atoms with van der Waals surface area (Å²) in [6.45, 7) is 0.833. The van der Waals surface area contributed by atoms with Crippen molar-refractivity contribution in [3.63, 3.8) is 0 Å².